The number of hydrogen-bond donors (Lipinski definition) is 2. The van der Waals surface area contributed by atoms with Crippen LogP contribution in [0, 0.1) is 5.41 Å². The molecule has 2 heteroatoms. The summed E-state index contributed by atoms with van der Waals surface area (Å²) >= 11 is 4.32. The third kappa shape index (κ3) is 4.02. The van der Waals surface area contributed by atoms with Gasteiger partial charge in [-0.05, 0) is 37.1 Å². The molecule has 1 heterocycles. The first-order valence-corrected chi connectivity index (χ1v) is 5.22. The van der Waals surface area contributed by atoms with E-state index < -0.39 is 0 Å². The van der Waals surface area contributed by atoms with Crippen molar-refractivity contribution in [1.82, 2.24) is 5.32 Å². The Kier molecular flexibility index (Phi) is 6.06. The summed E-state index contributed by atoms with van der Waals surface area (Å²) in [6.07, 6.45) is 2.58. The average Bonchev–Trinajstić information content (AvgIpc) is 2.10. The number of nitrogens with one attached hydrogen (secondary N) is 1. The van der Waals surface area contributed by atoms with Gasteiger partial charge in [-0.15, -0.1) is 0 Å². The minimum absolute atomic E-state index is 0.522. The van der Waals surface area contributed by atoms with Crippen LogP contribution in [0.5, 0.6) is 0 Å². The Morgan fingerprint density at radius 1 is 1.27 bits per heavy atom. The fourth-order valence-corrected chi connectivity index (χ4v) is 1.50. The van der Waals surface area contributed by atoms with E-state index in [1.54, 1.807) is 0 Å². The number of rotatable bonds is 1. The van der Waals surface area contributed by atoms with Gasteiger partial charge in [0.15, 0.2) is 0 Å². The average molecular weight is 175 g/mol. The molecule has 0 unspecified atom stereocenters. The Morgan fingerprint density at radius 3 is 2.00 bits per heavy atom. The predicted molar refractivity (Wildman–Crippen MR) is 55.4 cm³/mol. The zero-order chi connectivity index (χ0) is 8.74. The highest BCUT2D eigenvalue weighted by Gasteiger charge is 2.24. The maximum Gasteiger partial charge on any atom is -0.00429 e. The van der Waals surface area contributed by atoms with Gasteiger partial charge in [-0.3, -0.25) is 0 Å². The van der Waals surface area contributed by atoms with Gasteiger partial charge in [0.2, 0.25) is 0 Å². The molecular formula is C9H21NS. The van der Waals surface area contributed by atoms with E-state index in [1.165, 1.54) is 25.9 Å². The minimum Gasteiger partial charge on any atom is -0.317 e. The smallest absolute Gasteiger partial charge is 0.00429 e. The lowest BCUT2D eigenvalue weighted by Crippen LogP contribution is -2.35. The van der Waals surface area contributed by atoms with Crippen LogP contribution >= 0.6 is 12.6 Å². The molecule has 1 N–H and O–H groups in total. The maximum absolute atomic E-state index is 4.32. The van der Waals surface area contributed by atoms with Gasteiger partial charge in [0.1, 0.15) is 0 Å². The van der Waals surface area contributed by atoms with Crippen molar-refractivity contribution in [3.63, 3.8) is 0 Å². The van der Waals surface area contributed by atoms with E-state index in [4.69, 9.17) is 0 Å². The molecule has 1 fully saturated rings. The molecule has 1 aliphatic rings. The van der Waals surface area contributed by atoms with Crippen molar-refractivity contribution in [2.75, 3.05) is 18.8 Å². The van der Waals surface area contributed by atoms with Crippen molar-refractivity contribution in [3.05, 3.63) is 0 Å². The van der Waals surface area contributed by atoms with Crippen LogP contribution in [0.4, 0.5) is 0 Å². The van der Waals surface area contributed by atoms with E-state index in [0.29, 0.717) is 5.41 Å². The highest BCUT2D eigenvalue weighted by molar-refractivity contribution is 7.80. The fraction of sp³-hybridized carbons (Fsp3) is 1.00. The highest BCUT2D eigenvalue weighted by Crippen LogP contribution is 2.28. The van der Waals surface area contributed by atoms with Gasteiger partial charge in [-0.1, -0.05) is 20.8 Å². The third-order valence-electron chi connectivity index (χ3n) is 2.19. The quantitative estimate of drug-likeness (QED) is 0.583. The minimum atomic E-state index is 0.522. The first-order valence-electron chi connectivity index (χ1n) is 4.58. The van der Waals surface area contributed by atoms with Crippen molar-refractivity contribution in [3.8, 4) is 0 Å². The molecule has 11 heavy (non-hydrogen) atoms. The van der Waals surface area contributed by atoms with Crippen molar-refractivity contribution in [1.29, 1.82) is 0 Å². The lowest BCUT2D eigenvalue weighted by molar-refractivity contribution is 0.266. The van der Waals surface area contributed by atoms with Gasteiger partial charge in [0.05, 0.1) is 0 Å². The first kappa shape index (κ1) is 11.3. The van der Waals surface area contributed by atoms with Gasteiger partial charge in [-0.25, -0.2) is 0 Å². The second-order valence-corrected chi connectivity index (χ2v) is 3.54. The van der Waals surface area contributed by atoms with Gasteiger partial charge >= 0.3 is 0 Å². The van der Waals surface area contributed by atoms with Crippen LogP contribution in [0.15, 0.2) is 0 Å². The molecule has 0 saturated carbocycles. The molecule has 1 saturated heterocycles. The van der Waals surface area contributed by atoms with E-state index in [0.717, 1.165) is 5.75 Å². The van der Waals surface area contributed by atoms with Crippen LogP contribution in [0.3, 0.4) is 0 Å². The molecule has 1 rings (SSSR count). The van der Waals surface area contributed by atoms with Crippen molar-refractivity contribution >= 4 is 12.6 Å². The zero-order valence-electron chi connectivity index (χ0n) is 7.98. The molecule has 0 spiro atoms. The Labute approximate surface area is 76.4 Å². The molecule has 1 aliphatic heterocycles. The Bertz CT molecular complexity index is 87.6. The van der Waals surface area contributed by atoms with Crippen molar-refractivity contribution in [2.45, 2.75) is 33.6 Å². The second kappa shape index (κ2) is 5.90. The van der Waals surface area contributed by atoms with Crippen molar-refractivity contribution < 1.29 is 0 Å². The monoisotopic (exact) mass is 175 g/mol. The summed E-state index contributed by atoms with van der Waals surface area (Å²) in [5.74, 6) is 1.04. The van der Waals surface area contributed by atoms with Crippen LogP contribution in [-0.4, -0.2) is 18.8 Å². The number of hydrogen-bond acceptors (Lipinski definition) is 2. The van der Waals surface area contributed by atoms with E-state index in [9.17, 15) is 0 Å². The summed E-state index contributed by atoms with van der Waals surface area (Å²) in [7, 11) is 0. The van der Waals surface area contributed by atoms with E-state index in [2.05, 4.69) is 24.9 Å². The third-order valence-corrected chi connectivity index (χ3v) is 2.96. The molecule has 0 aliphatic carbocycles. The van der Waals surface area contributed by atoms with Crippen LogP contribution in [0.25, 0.3) is 0 Å². The number of thiol groups is 1. The molecule has 0 bridgehead atoms. The Balaban J connectivity index is 0.000000461. The molecule has 0 atom stereocenters. The molecule has 1 nitrogen and oxygen atoms in total. The molecular weight excluding hydrogens is 154 g/mol. The lowest BCUT2D eigenvalue weighted by Gasteiger charge is -2.32. The van der Waals surface area contributed by atoms with E-state index >= 15 is 0 Å². The van der Waals surface area contributed by atoms with Gasteiger partial charge < -0.3 is 5.32 Å². The molecule has 0 aromatic heterocycles. The summed E-state index contributed by atoms with van der Waals surface area (Å²) in [5.41, 5.74) is 0.522. The van der Waals surface area contributed by atoms with Crippen LogP contribution in [0.2, 0.25) is 0 Å². The summed E-state index contributed by atoms with van der Waals surface area (Å²) in [5, 5.41) is 3.34. The molecule has 68 valence electrons. The summed E-state index contributed by atoms with van der Waals surface area (Å²) in [4.78, 5) is 0. The first-order chi connectivity index (χ1) is 5.27. The summed E-state index contributed by atoms with van der Waals surface area (Å²) in [6.45, 7) is 8.68. The van der Waals surface area contributed by atoms with Crippen LogP contribution in [-0.2, 0) is 0 Å². The molecule has 0 radical (unpaired) electrons. The summed E-state index contributed by atoms with van der Waals surface area (Å²) in [6, 6.07) is 0. The van der Waals surface area contributed by atoms with Crippen molar-refractivity contribution in [2.24, 2.45) is 5.41 Å². The second-order valence-electron chi connectivity index (χ2n) is 3.22. The normalized spacial score (nSPS) is 21.8. The maximum atomic E-state index is 4.32. The van der Waals surface area contributed by atoms with E-state index in [-0.39, 0.29) is 0 Å². The van der Waals surface area contributed by atoms with Gasteiger partial charge in [0, 0.05) is 0 Å². The Hall–Kier alpha value is 0.310. The fourth-order valence-electron chi connectivity index (χ4n) is 1.19. The van der Waals surface area contributed by atoms with Crippen LogP contribution in [0.1, 0.15) is 33.6 Å². The molecule has 0 amide bonds. The molecule has 0 aromatic carbocycles. The number of piperidine rings is 1. The van der Waals surface area contributed by atoms with Gasteiger partial charge in [0.25, 0.3) is 0 Å². The topological polar surface area (TPSA) is 12.0 Å². The summed E-state index contributed by atoms with van der Waals surface area (Å²) < 4.78 is 0. The van der Waals surface area contributed by atoms with Gasteiger partial charge in [-0.2, -0.15) is 12.6 Å². The van der Waals surface area contributed by atoms with E-state index in [1.807, 2.05) is 13.8 Å². The predicted octanol–water partition coefficient (Wildman–Crippen LogP) is 2.33. The Morgan fingerprint density at radius 2 is 1.73 bits per heavy atom. The molecule has 0 aromatic rings. The standard InChI is InChI=1S/C7H15NS.C2H6/c1-7(6-9)2-4-8-5-3-7;1-2/h8-9H,2-6H2,1H3;1-2H3. The highest BCUT2D eigenvalue weighted by atomic mass is 32.1. The largest absolute Gasteiger partial charge is 0.317 e. The van der Waals surface area contributed by atoms with Crippen LogP contribution < -0.4 is 5.32 Å². The lowest BCUT2D eigenvalue weighted by atomic mass is 9.83. The SMILES string of the molecule is CC.CC1(CS)CCNCC1. The zero-order valence-corrected chi connectivity index (χ0v) is 8.88.